The van der Waals surface area contributed by atoms with Crippen LogP contribution in [0, 0.1) is 25.5 Å². The highest BCUT2D eigenvalue weighted by molar-refractivity contribution is 5.87. The van der Waals surface area contributed by atoms with E-state index in [9.17, 15) is 8.78 Å². The quantitative estimate of drug-likeness (QED) is 0.147. The summed E-state index contributed by atoms with van der Waals surface area (Å²) in [5.74, 6) is -0.310. The Labute approximate surface area is 321 Å². The molecule has 0 radical (unpaired) electrons. The Morgan fingerprint density at radius 3 is 0.906 bits per heavy atom. The van der Waals surface area contributed by atoms with Crippen molar-refractivity contribution in [3.05, 3.63) is 166 Å². The smallest absolute Gasteiger partial charge is 0.123 e. The summed E-state index contributed by atoms with van der Waals surface area (Å²) in [6.45, 7) is 30.4. The van der Waals surface area contributed by atoms with Gasteiger partial charge in [0.1, 0.15) is 11.6 Å². The largest absolute Gasteiger partial charge is 0.207 e. The molecule has 0 saturated carbocycles. The SMILES string of the molecule is C.CC(C)(C)c1cccc(F)c1.CC(C)(C)c1cccc(F)c1.Cc1cc(C(C)(C)C)cc2ccccc12.Cc1cc(C(C)(C)C)cc2ccccc12. The fraction of sp³-hybridized carbons (Fsp3) is 0.373. The fourth-order valence-corrected chi connectivity index (χ4v) is 5.78. The first-order valence-electron chi connectivity index (χ1n) is 18.5. The highest BCUT2D eigenvalue weighted by atomic mass is 19.1. The Morgan fingerprint density at radius 1 is 0.340 bits per heavy atom. The molecule has 0 aliphatic rings. The highest BCUT2D eigenvalue weighted by Gasteiger charge is 2.16. The summed E-state index contributed by atoms with van der Waals surface area (Å²) < 4.78 is 25.4. The van der Waals surface area contributed by atoms with E-state index in [2.05, 4.69) is 170 Å². The van der Waals surface area contributed by atoms with E-state index in [0.29, 0.717) is 0 Å². The van der Waals surface area contributed by atoms with Gasteiger partial charge in [0.25, 0.3) is 0 Å². The average molecular weight is 717 g/mol. The Hall–Kier alpha value is -4.30. The third-order valence-corrected chi connectivity index (χ3v) is 9.25. The monoisotopic (exact) mass is 717 g/mol. The van der Waals surface area contributed by atoms with E-state index in [1.165, 1.54) is 55.9 Å². The molecule has 0 N–H and O–H groups in total. The van der Waals surface area contributed by atoms with Gasteiger partial charge in [0.05, 0.1) is 0 Å². The van der Waals surface area contributed by atoms with Crippen LogP contribution in [0.15, 0.2) is 121 Å². The van der Waals surface area contributed by atoms with Gasteiger partial charge in [-0.3, -0.25) is 0 Å². The van der Waals surface area contributed by atoms with Gasteiger partial charge in [-0.25, -0.2) is 8.78 Å². The molecule has 0 saturated heterocycles. The van der Waals surface area contributed by atoms with Gasteiger partial charge in [-0.15, -0.1) is 0 Å². The van der Waals surface area contributed by atoms with E-state index in [1.807, 2.05) is 12.1 Å². The van der Waals surface area contributed by atoms with Gasteiger partial charge in [-0.1, -0.05) is 188 Å². The van der Waals surface area contributed by atoms with E-state index in [0.717, 1.165) is 11.1 Å². The fourth-order valence-electron chi connectivity index (χ4n) is 5.78. The van der Waals surface area contributed by atoms with Crippen LogP contribution < -0.4 is 0 Å². The Kier molecular flexibility index (Phi) is 15.4. The molecule has 6 rings (SSSR count). The van der Waals surface area contributed by atoms with Gasteiger partial charge in [0, 0.05) is 0 Å². The van der Waals surface area contributed by atoms with Crippen molar-refractivity contribution in [2.75, 3.05) is 0 Å². The van der Waals surface area contributed by atoms with Crippen LogP contribution in [0.2, 0.25) is 0 Å². The van der Waals surface area contributed by atoms with E-state index in [1.54, 1.807) is 24.3 Å². The van der Waals surface area contributed by atoms with Crippen molar-refractivity contribution in [2.45, 2.75) is 126 Å². The molecule has 0 aliphatic carbocycles. The molecular weight excluding hydrogens is 651 g/mol. The molecule has 6 aromatic carbocycles. The normalized spacial score (nSPS) is 11.6. The summed E-state index contributed by atoms with van der Waals surface area (Å²) in [6, 6.07) is 39.9. The number of rotatable bonds is 0. The minimum absolute atomic E-state index is 0. The zero-order valence-corrected chi connectivity index (χ0v) is 34.3. The van der Waals surface area contributed by atoms with Crippen molar-refractivity contribution in [1.29, 1.82) is 0 Å². The van der Waals surface area contributed by atoms with Crippen LogP contribution in [0.5, 0.6) is 0 Å². The number of fused-ring (bicyclic) bond motifs is 2. The summed E-state index contributed by atoms with van der Waals surface area (Å²) in [4.78, 5) is 0. The minimum Gasteiger partial charge on any atom is -0.207 e. The maximum absolute atomic E-state index is 12.7. The molecule has 0 atom stereocenters. The predicted molar refractivity (Wildman–Crippen MR) is 232 cm³/mol. The second-order valence-corrected chi connectivity index (χ2v) is 18.0. The summed E-state index contributed by atoms with van der Waals surface area (Å²) >= 11 is 0. The maximum atomic E-state index is 12.7. The van der Waals surface area contributed by atoms with Crippen LogP contribution in [0.3, 0.4) is 0 Å². The third-order valence-electron chi connectivity index (χ3n) is 9.25. The van der Waals surface area contributed by atoms with Gasteiger partial charge in [0.2, 0.25) is 0 Å². The molecule has 0 heterocycles. The Bertz CT molecular complexity index is 1900. The van der Waals surface area contributed by atoms with E-state index in [-0.39, 0.29) is 40.7 Å². The number of hydrogen-bond acceptors (Lipinski definition) is 0. The highest BCUT2D eigenvalue weighted by Crippen LogP contribution is 2.30. The first-order chi connectivity index (χ1) is 24.0. The van der Waals surface area contributed by atoms with Gasteiger partial charge in [0.15, 0.2) is 0 Å². The van der Waals surface area contributed by atoms with Crippen LogP contribution in [-0.4, -0.2) is 0 Å². The zero-order valence-electron chi connectivity index (χ0n) is 34.3. The first kappa shape index (κ1) is 44.9. The average Bonchev–Trinajstić information content (AvgIpc) is 3.04. The molecule has 0 nitrogen and oxygen atoms in total. The van der Waals surface area contributed by atoms with Crippen LogP contribution in [-0.2, 0) is 21.7 Å². The molecule has 0 unspecified atom stereocenters. The molecule has 0 aliphatic heterocycles. The zero-order chi connectivity index (χ0) is 39.1. The molecule has 0 spiro atoms. The van der Waals surface area contributed by atoms with Crippen molar-refractivity contribution in [3.63, 3.8) is 0 Å². The number of aryl methyl sites for hydroxylation is 2. The standard InChI is InChI=1S/2C15H18.2C10H13F.CH4/c2*1-11-9-13(15(2,3)4)10-12-7-5-6-8-14(11)12;2*1-10(2,3)8-5-4-6-9(11)7-8;/h2*5-10H,1-4H3;2*4-7H,1-3H3;1H4. The summed E-state index contributed by atoms with van der Waals surface area (Å²) in [5.41, 5.74) is 8.21. The van der Waals surface area contributed by atoms with Gasteiger partial charge in [-0.2, -0.15) is 0 Å². The molecule has 284 valence electrons. The molecule has 0 bridgehead atoms. The second-order valence-electron chi connectivity index (χ2n) is 18.0. The van der Waals surface area contributed by atoms with Crippen molar-refractivity contribution < 1.29 is 8.78 Å². The molecule has 0 aromatic heterocycles. The molecule has 2 heteroatoms. The molecule has 0 amide bonds. The van der Waals surface area contributed by atoms with Crippen molar-refractivity contribution >= 4 is 21.5 Å². The summed E-state index contributed by atoms with van der Waals surface area (Å²) in [6.07, 6.45) is 0. The molecule has 0 fully saturated rings. The van der Waals surface area contributed by atoms with E-state index >= 15 is 0 Å². The van der Waals surface area contributed by atoms with Gasteiger partial charge >= 0.3 is 0 Å². The lowest BCUT2D eigenvalue weighted by molar-refractivity contribution is 0.572. The van der Waals surface area contributed by atoms with Crippen molar-refractivity contribution in [2.24, 2.45) is 0 Å². The lowest BCUT2D eigenvalue weighted by Crippen LogP contribution is -2.11. The third kappa shape index (κ3) is 13.6. The predicted octanol–water partition coefficient (Wildman–Crippen LogP) is 15.8. The number of hydrogen-bond donors (Lipinski definition) is 0. The van der Waals surface area contributed by atoms with E-state index < -0.39 is 0 Å². The molecule has 53 heavy (non-hydrogen) atoms. The summed E-state index contributed by atoms with van der Waals surface area (Å²) in [5, 5.41) is 5.43. The number of halogens is 2. The molecule has 6 aromatic rings. The van der Waals surface area contributed by atoms with Crippen LogP contribution in [0.4, 0.5) is 8.78 Å². The topological polar surface area (TPSA) is 0 Å². The second kappa shape index (κ2) is 18.2. The van der Waals surface area contributed by atoms with Crippen LogP contribution in [0.1, 0.15) is 124 Å². The van der Waals surface area contributed by atoms with Crippen LogP contribution >= 0.6 is 0 Å². The van der Waals surface area contributed by atoms with Gasteiger partial charge in [-0.05, 0) is 115 Å². The van der Waals surface area contributed by atoms with Crippen molar-refractivity contribution in [1.82, 2.24) is 0 Å². The van der Waals surface area contributed by atoms with E-state index in [4.69, 9.17) is 0 Å². The van der Waals surface area contributed by atoms with Crippen molar-refractivity contribution in [3.8, 4) is 0 Å². The molecular formula is C51H66F2. The minimum atomic E-state index is -0.155. The Balaban J connectivity index is 0.000000246. The lowest BCUT2D eigenvalue weighted by atomic mass is 9.84. The van der Waals surface area contributed by atoms with Crippen LogP contribution in [0.25, 0.3) is 21.5 Å². The Morgan fingerprint density at radius 2 is 0.642 bits per heavy atom. The first-order valence-corrected chi connectivity index (χ1v) is 18.5. The summed E-state index contributed by atoms with van der Waals surface area (Å²) in [7, 11) is 0. The lowest BCUT2D eigenvalue weighted by Gasteiger charge is -2.20. The van der Waals surface area contributed by atoms with Gasteiger partial charge < -0.3 is 0 Å². The maximum Gasteiger partial charge on any atom is 0.123 e. The number of benzene rings is 6.